The van der Waals surface area contributed by atoms with Gasteiger partial charge in [0.25, 0.3) is 0 Å². The number of nitrogens with one attached hydrogen (secondary N) is 1. The first-order valence-electron chi connectivity index (χ1n) is 21.2. The Hall–Kier alpha value is -1.21. The van der Waals surface area contributed by atoms with Gasteiger partial charge in [-0.3, -0.25) is 4.79 Å². The van der Waals surface area contributed by atoms with Crippen molar-refractivity contribution >= 4 is 5.91 Å². The maximum atomic E-state index is 12.5. The highest BCUT2D eigenvalue weighted by Crippen LogP contribution is 2.15. The van der Waals surface area contributed by atoms with Gasteiger partial charge < -0.3 is 25.7 Å². The summed E-state index contributed by atoms with van der Waals surface area (Å²) < 4.78 is 0. The van der Waals surface area contributed by atoms with Gasteiger partial charge in [0, 0.05) is 0 Å². The van der Waals surface area contributed by atoms with Crippen molar-refractivity contribution in [2.24, 2.45) is 0 Å². The predicted octanol–water partition coefficient (Wildman–Crippen LogP) is 10.8. The number of amides is 1. The van der Waals surface area contributed by atoms with Gasteiger partial charge in [0.05, 0.1) is 18.8 Å². The van der Waals surface area contributed by atoms with Crippen molar-refractivity contribution in [1.29, 1.82) is 0 Å². The second kappa shape index (κ2) is 38.0. The van der Waals surface area contributed by atoms with E-state index >= 15 is 0 Å². The van der Waals surface area contributed by atoms with Crippen LogP contribution in [0.15, 0.2) is 24.3 Å². The standard InChI is InChI=1S/C43H83NO5/c1-3-5-7-9-11-13-15-17-18-19-20-21-22-23-25-27-29-31-33-35-37-41(47)43(49)44-39(38-45)42(48)40(46)36-34-32-30-28-26-24-16-14-12-10-8-6-4-2/h21-22,28,30,39-42,45-48H,3-20,23-27,29,31-38H2,1-2H3,(H,44,49)/b22-21-,30-28+. The Morgan fingerprint density at radius 1 is 0.490 bits per heavy atom. The van der Waals surface area contributed by atoms with E-state index in [1.165, 1.54) is 141 Å². The van der Waals surface area contributed by atoms with Crippen LogP contribution < -0.4 is 5.32 Å². The van der Waals surface area contributed by atoms with E-state index in [4.69, 9.17) is 0 Å². The summed E-state index contributed by atoms with van der Waals surface area (Å²) in [6, 6.07) is -1.00. The van der Waals surface area contributed by atoms with E-state index in [0.717, 1.165) is 44.9 Å². The van der Waals surface area contributed by atoms with Gasteiger partial charge in [-0.2, -0.15) is 0 Å². The number of aliphatic hydroxyl groups excluding tert-OH is 4. The summed E-state index contributed by atoms with van der Waals surface area (Å²) in [5.41, 5.74) is 0. The number of allylic oxidation sites excluding steroid dienone is 4. The van der Waals surface area contributed by atoms with Crippen molar-refractivity contribution in [2.75, 3.05) is 6.61 Å². The molecule has 0 rings (SSSR count). The fourth-order valence-electron chi connectivity index (χ4n) is 6.46. The lowest BCUT2D eigenvalue weighted by molar-refractivity contribution is -0.132. The number of carbonyl (C=O) groups is 1. The third-order valence-electron chi connectivity index (χ3n) is 9.88. The van der Waals surface area contributed by atoms with Gasteiger partial charge in [0.15, 0.2) is 0 Å². The molecule has 0 aromatic carbocycles. The Morgan fingerprint density at radius 2 is 0.837 bits per heavy atom. The molecule has 0 heterocycles. The maximum absolute atomic E-state index is 12.5. The zero-order chi connectivity index (χ0) is 36.0. The number of hydrogen-bond acceptors (Lipinski definition) is 5. The van der Waals surface area contributed by atoms with Crippen molar-refractivity contribution in [2.45, 2.75) is 237 Å². The molecule has 6 heteroatoms. The molecule has 290 valence electrons. The quantitative estimate of drug-likeness (QED) is 0.0327. The van der Waals surface area contributed by atoms with Gasteiger partial charge in [-0.1, -0.05) is 173 Å². The van der Waals surface area contributed by atoms with Crippen LogP contribution in [0.4, 0.5) is 0 Å². The molecule has 0 saturated heterocycles. The number of rotatable bonds is 38. The average Bonchev–Trinajstić information content (AvgIpc) is 3.11. The van der Waals surface area contributed by atoms with E-state index in [9.17, 15) is 25.2 Å². The van der Waals surface area contributed by atoms with Crippen molar-refractivity contribution in [1.82, 2.24) is 5.32 Å². The first-order valence-corrected chi connectivity index (χ1v) is 21.2. The average molecular weight is 694 g/mol. The van der Waals surface area contributed by atoms with E-state index in [2.05, 4.69) is 43.5 Å². The lowest BCUT2D eigenvalue weighted by atomic mass is 10.00. The Bertz CT molecular complexity index is 742. The van der Waals surface area contributed by atoms with E-state index in [1.54, 1.807) is 0 Å². The summed E-state index contributed by atoms with van der Waals surface area (Å²) >= 11 is 0. The first kappa shape index (κ1) is 47.8. The zero-order valence-electron chi connectivity index (χ0n) is 32.4. The molecule has 0 bridgehead atoms. The SMILES string of the molecule is CCCCCCCCCC/C=C/CCCC(O)C(O)C(CO)NC(=O)C(O)CCCCCCCC/C=C\CCCCCCCCCCCC. The molecular formula is C43H83NO5. The van der Waals surface area contributed by atoms with Crippen LogP contribution in [-0.2, 0) is 4.79 Å². The summed E-state index contributed by atoms with van der Waals surface area (Å²) in [5, 5.41) is 43.5. The first-order chi connectivity index (χ1) is 24.0. The lowest BCUT2D eigenvalue weighted by Gasteiger charge is -2.27. The van der Waals surface area contributed by atoms with E-state index in [-0.39, 0.29) is 0 Å². The van der Waals surface area contributed by atoms with Gasteiger partial charge in [-0.15, -0.1) is 0 Å². The summed E-state index contributed by atoms with van der Waals surface area (Å²) in [4.78, 5) is 12.5. The summed E-state index contributed by atoms with van der Waals surface area (Å²) in [5.74, 6) is -0.598. The van der Waals surface area contributed by atoms with Crippen LogP contribution in [-0.4, -0.2) is 57.3 Å². The maximum Gasteiger partial charge on any atom is 0.249 e. The van der Waals surface area contributed by atoms with Crippen molar-refractivity contribution < 1.29 is 25.2 Å². The molecule has 4 unspecified atom stereocenters. The normalized spacial score (nSPS) is 14.5. The zero-order valence-corrected chi connectivity index (χ0v) is 32.4. The van der Waals surface area contributed by atoms with Crippen LogP contribution in [0.1, 0.15) is 213 Å². The second-order valence-corrected chi connectivity index (χ2v) is 14.7. The highest BCUT2D eigenvalue weighted by molar-refractivity contribution is 5.80. The fourth-order valence-corrected chi connectivity index (χ4v) is 6.46. The molecule has 5 N–H and O–H groups in total. The summed E-state index contributed by atoms with van der Waals surface area (Å²) in [6.45, 7) is 4.02. The van der Waals surface area contributed by atoms with Crippen molar-refractivity contribution in [3.05, 3.63) is 24.3 Å². The van der Waals surface area contributed by atoms with Gasteiger partial charge in [0.1, 0.15) is 12.2 Å². The van der Waals surface area contributed by atoms with Gasteiger partial charge in [0.2, 0.25) is 5.91 Å². The van der Waals surface area contributed by atoms with Crippen LogP contribution in [0.3, 0.4) is 0 Å². The summed E-state index contributed by atoms with van der Waals surface area (Å²) in [6.07, 6.45) is 42.1. The number of aliphatic hydroxyl groups is 4. The molecule has 0 aromatic rings. The number of unbranched alkanes of at least 4 members (excludes halogenated alkanes) is 25. The molecule has 1 amide bonds. The van der Waals surface area contributed by atoms with Gasteiger partial charge >= 0.3 is 0 Å². The third kappa shape index (κ3) is 32.4. The van der Waals surface area contributed by atoms with Crippen LogP contribution in [0.25, 0.3) is 0 Å². The van der Waals surface area contributed by atoms with Crippen LogP contribution in [0.2, 0.25) is 0 Å². The summed E-state index contributed by atoms with van der Waals surface area (Å²) in [7, 11) is 0. The molecule has 0 radical (unpaired) electrons. The Labute approximate surface area is 304 Å². The monoisotopic (exact) mass is 694 g/mol. The minimum Gasteiger partial charge on any atom is -0.394 e. The van der Waals surface area contributed by atoms with Crippen LogP contribution >= 0.6 is 0 Å². The molecule has 49 heavy (non-hydrogen) atoms. The molecule has 0 aliphatic rings. The molecule has 0 fully saturated rings. The van der Waals surface area contributed by atoms with Gasteiger partial charge in [-0.05, 0) is 64.2 Å². The molecule has 6 nitrogen and oxygen atoms in total. The number of hydrogen-bond donors (Lipinski definition) is 5. The molecule has 0 aliphatic carbocycles. The second-order valence-electron chi connectivity index (χ2n) is 14.7. The Morgan fingerprint density at radius 3 is 1.22 bits per heavy atom. The predicted molar refractivity (Wildman–Crippen MR) is 210 cm³/mol. The lowest BCUT2D eigenvalue weighted by Crippen LogP contribution is -2.53. The van der Waals surface area contributed by atoms with Crippen LogP contribution in [0.5, 0.6) is 0 Å². The molecule has 0 saturated carbocycles. The molecule has 0 spiro atoms. The highest BCUT2D eigenvalue weighted by atomic mass is 16.3. The van der Waals surface area contributed by atoms with E-state index in [0.29, 0.717) is 12.8 Å². The number of carbonyl (C=O) groups excluding carboxylic acids is 1. The van der Waals surface area contributed by atoms with E-state index < -0.39 is 36.9 Å². The highest BCUT2D eigenvalue weighted by Gasteiger charge is 2.28. The van der Waals surface area contributed by atoms with Gasteiger partial charge in [-0.25, -0.2) is 0 Å². The minimum absolute atomic E-state index is 0.357. The topological polar surface area (TPSA) is 110 Å². The van der Waals surface area contributed by atoms with Crippen LogP contribution in [0, 0.1) is 0 Å². The molecule has 0 aliphatic heterocycles. The Kier molecular flexibility index (Phi) is 37.1. The third-order valence-corrected chi connectivity index (χ3v) is 9.88. The Balaban J connectivity index is 3.78. The largest absolute Gasteiger partial charge is 0.394 e. The fraction of sp³-hybridized carbons (Fsp3) is 0.884. The smallest absolute Gasteiger partial charge is 0.249 e. The molecule has 4 atom stereocenters. The van der Waals surface area contributed by atoms with E-state index in [1.807, 2.05) is 0 Å². The molecular weight excluding hydrogens is 610 g/mol. The minimum atomic E-state index is -1.28. The van der Waals surface area contributed by atoms with Crippen molar-refractivity contribution in [3.63, 3.8) is 0 Å². The molecule has 0 aromatic heterocycles. The van der Waals surface area contributed by atoms with Crippen molar-refractivity contribution in [3.8, 4) is 0 Å².